The van der Waals surface area contributed by atoms with E-state index < -0.39 is 12.0 Å². The van der Waals surface area contributed by atoms with Gasteiger partial charge in [0, 0.05) is 6.04 Å². The Bertz CT molecular complexity index is 407. The summed E-state index contributed by atoms with van der Waals surface area (Å²) in [5, 5.41) is 9.27. The third-order valence-electron chi connectivity index (χ3n) is 4.12. The molecule has 3 atom stereocenters. The molecule has 1 aliphatic carbocycles. The second kappa shape index (κ2) is 5.43. The average molecular weight is 249 g/mol. The zero-order chi connectivity index (χ0) is 13.1. The zero-order valence-electron chi connectivity index (χ0n) is 10.7. The molecular formula is C14H19NO3. The Morgan fingerprint density at radius 3 is 2.56 bits per heavy atom. The predicted octanol–water partition coefficient (Wildman–Crippen LogP) is 1.64. The quantitative estimate of drug-likeness (QED) is 0.719. The van der Waals surface area contributed by atoms with Crippen molar-refractivity contribution >= 4 is 11.9 Å². The molecule has 4 nitrogen and oxygen atoms in total. The number of aliphatic carboxylic acids is 1. The van der Waals surface area contributed by atoms with Crippen LogP contribution in [0.3, 0.4) is 0 Å². The van der Waals surface area contributed by atoms with E-state index in [0.717, 1.165) is 25.7 Å². The van der Waals surface area contributed by atoms with Crippen LogP contribution in [-0.4, -0.2) is 34.0 Å². The lowest BCUT2D eigenvalue weighted by Crippen LogP contribution is -2.57. The van der Waals surface area contributed by atoms with Crippen molar-refractivity contribution in [1.82, 2.24) is 4.90 Å². The van der Waals surface area contributed by atoms with Crippen molar-refractivity contribution in [1.29, 1.82) is 0 Å². The molecule has 1 N–H and O–H groups in total. The molecule has 98 valence electrons. The molecule has 1 heterocycles. The first-order valence-electron chi connectivity index (χ1n) is 6.63. The first-order chi connectivity index (χ1) is 8.65. The third-order valence-corrected chi connectivity index (χ3v) is 4.12. The highest BCUT2D eigenvalue weighted by atomic mass is 16.4. The fourth-order valence-corrected chi connectivity index (χ4v) is 3.34. The van der Waals surface area contributed by atoms with E-state index in [2.05, 4.69) is 11.8 Å². The first kappa shape index (κ1) is 12.9. The molecule has 4 heteroatoms. The fraction of sp³-hybridized carbons (Fsp3) is 0.714. The maximum atomic E-state index is 12.1. The van der Waals surface area contributed by atoms with Gasteiger partial charge in [-0.05, 0) is 44.4 Å². The minimum Gasteiger partial charge on any atom is -0.480 e. The SMILES string of the molecule is CC#CC(=O)N1C(C(=O)O)CCC2CCCCC21. The summed E-state index contributed by atoms with van der Waals surface area (Å²) in [5.41, 5.74) is 0. The molecule has 0 radical (unpaired) electrons. The average Bonchev–Trinajstić information content (AvgIpc) is 2.37. The summed E-state index contributed by atoms with van der Waals surface area (Å²) in [7, 11) is 0. The number of hydrogen-bond donors (Lipinski definition) is 1. The van der Waals surface area contributed by atoms with Crippen molar-refractivity contribution in [3.63, 3.8) is 0 Å². The molecule has 2 rings (SSSR count). The van der Waals surface area contributed by atoms with Gasteiger partial charge < -0.3 is 10.0 Å². The normalized spacial score (nSPS) is 30.9. The van der Waals surface area contributed by atoms with Crippen LogP contribution in [0.4, 0.5) is 0 Å². The van der Waals surface area contributed by atoms with Crippen LogP contribution in [0.2, 0.25) is 0 Å². The Hall–Kier alpha value is -1.50. The van der Waals surface area contributed by atoms with Crippen molar-refractivity contribution in [2.75, 3.05) is 0 Å². The minimum absolute atomic E-state index is 0.0851. The van der Waals surface area contributed by atoms with E-state index in [1.54, 1.807) is 11.8 Å². The number of piperidine rings is 1. The number of rotatable bonds is 1. The molecule has 1 aliphatic heterocycles. The van der Waals surface area contributed by atoms with Gasteiger partial charge in [0.2, 0.25) is 0 Å². The Labute approximate surface area is 107 Å². The number of carboxylic acids is 1. The van der Waals surface area contributed by atoms with Crippen LogP contribution in [0.15, 0.2) is 0 Å². The van der Waals surface area contributed by atoms with Crippen LogP contribution in [0.25, 0.3) is 0 Å². The van der Waals surface area contributed by atoms with Crippen molar-refractivity contribution < 1.29 is 14.7 Å². The number of carbonyl (C=O) groups is 2. The molecule has 0 aromatic rings. The molecule has 3 unspecified atom stereocenters. The van der Waals surface area contributed by atoms with Crippen molar-refractivity contribution in [2.45, 2.75) is 57.5 Å². The van der Waals surface area contributed by atoms with Crippen LogP contribution in [0, 0.1) is 17.8 Å². The lowest BCUT2D eigenvalue weighted by Gasteiger charge is -2.46. The predicted molar refractivity (Wildman–Crippen MR) is 66.7 cm³/mol. The number of nitrogens with zero attached hydrogens (tertiary/aromatic N) is 1. The Kier molecular flexibility index (Phi) is 3.90. The molecule has 1 saturated carbocycles. The van der Waals surface area contributed by atoms with Crippen LogP contribution < -0.4 is 0 Å². The van der Waals surface area contributed by atoms with Crippen LogP contribution in [0.5, 0.6) is 0 Å². The van der Waals surface area contributed by atoms with Crippen LogP contribution in [0.1, 0.15) is 45.4 Å². The fourth-order valence-electron chi connectivity index (χ4n) is 3.34. The van der Waals surface area contributed by atoms with E-state index in [9.17, 15) is 14.7 Å². The number of carboxylic acid groups (broad SMARTS) is 1. The summed E-state index contributed by atoms with van der Waals surface area (Å²) in [6.45, 7) is 1.61. The van der Waals surface area contributed by atoms with Crippen molar-refractivity contribution in [2.24, 2.45) is 5.92 Å². The summed E-state index contributed by atoms with van der Waals surface area (Å²) < 4.78 is 0. The summed E-state index contributed by atoms with van der Waals surface area (Å²) in [6.07, 6.45) is 5.79. The largest absolute Gasteiger partial charge is 0.480 e. The van der Waals surface area contributed by atoms with Crippen LogP contribution >= 0.6 is 0 Å². The van der Waals surface area contributed by atoms with E-state index in [-0.39, 0.29) is 11.9 Å². The number of hydrogen-bond acceptors (Lipinski definition) is 2. The van der Waals surface area contributed by atoms with Gasteiger partial charge in [-0.15, -0.1) is 0 Å². The summed E-state index contributed by atoms with van der Waals surface area (Å²) in [4.78, 5) is 24.9. The van der Waals surface area contributed by atoms with Gasteiger partial charge in [-0.25, -0.2) is 4.79 Å². The molecule has 2 fully saturated rings. The van der Waals surface area contributed by atoms with Gasteiger partial charge in [0.25, 0.3) is 5.91 Å². The Morgan fingerprint density at radius 1 is 1.17 bits per heavy atom. The molecule has 0 bridgehead atoms. The maximum Gasteiger partial charge on any atom is 0.326 e. The lowest BCUT2D eigenvalue weighted by atomic mass is 9.76. The monoisotopic (exact) mass is 249 g/mol. The highest BCUT2D eigenvalue weighted by molar-refractivity contribution is 5.96. The van der Waals surface area contributed by atoms with Gasteiger partial charge in [-0.1, -0.05) is 18.8 Å². The van der Waals surface area contributed by atoms with Crippen molar-refractivity contribution in [3.8, 4) is 11.8 Å². The van der Waals surface area contributed by atoms with Crippen molar-refractivity contribution in [3.05, 3.63) is 0 Å². The second-order valence-electron chi connectivity index (χ2n) is 5.13. The molecule has 2 aliphatic rings. The van der Waals surface area contributed by atoms with E-state index >= 15 is 0 Å². The molecular weight excluding hydrogens is 230 g/mol. The van der Waals surface area contributed by atoms with E-state index in [1.165, 1.54) is 6.42 Å². The Balaban J connectivity index is 2.26. The molecule has 1 amide bonds. The highest BCUT2D eigenvalue weighted by Crippen LogP contribution is 2.37. The van der Waals surface area contributed by atoms with E-state index in [4.69, 9.17) is 0 Å². The van der Waals surface area contributed by atoms with E-state index in [0.29, 0.717) is 12.3 Å². The molecule has 1 saturated heterocycles. The first-order valence-corrected chi connectivity index (χ1v) is 6.63. The summed E-state index contributed by atoms with van der Waals surface area (Å²) in [6, 6.07) is -0.598. The van der Waals surface area contributed by atoms with E-state index in [1.807, 2.05) is 0 Å². The maximum absolute atomic E-state index is 12.1. The molecule has 18 heavy (non-hydrogen) atoms. The number of likely N-dealkylation sites (tertiary alicyclic amines) is 1. The molecule has 0 aromatic carbocycles. The highest BCUT2D eigenvalue weighted by Gasteiger charge is 2.43. The molecule has 0 spiro atoms. The third kappa shape index (κ3) is 2.35. The number of amides is 1. The lowest BCUT2D eigenvalue weighted by molar-refractivity contribution is -0.155. The zero-order valence-corrected chi connectivity index (χ0v) is 10.7. The molecule has 0 aromatic heterocycles. The summed E-state index contributed by atoms with van der Waals surface area (Å²) in [5.74, 6) is 4.35. The topological polar surface area (TPSA) is 57.6 Å². The standard InChI is InChI=1S/C14H19NO3/c1-2-5-13(16)15-11-7-4-3-6-10(11)8-9-12(15)14(17)18/h10-12H,3-4,6-9H2,1H3,(H,17,18). The van der Waals surface area contributed by atoms with Crippen LogP contribution in [-0.2, 0) is 9.59 Å². The number of carbonyl (C=O) groups excluding carboxylic acids is 1. The minimum atomic E-state index is -0.898. The summed E-state index contributed by atoms with van der Waals surface area (Å²) >= 11 is 0. The van der Waals surface area contributed by atoms with Gasteiger partial charge in [0.1, 0.15) is 6.04 Å². The van der Waals surface area contributed by atoms with Gasteiger partial charge >= 0.3 is 5.97 Å². The Morgan fingerprint density at radius 2 is 1.89 bits per heavy atom. The van der Waals surface area contributed by atoms with Gasteiger partial charge in [-0.2, -0.15) is 0 Å². The van der Waals surface area contributed by atoms with Gasteiger partial charge in [0.05, 0.1) is 0 Å². The number of fused-ring (bicyclic) bond motifs is 1. The smallest absolute Gasteiger partial charge is 0.326 e. The van der Waals surface area contributed by atoms with Gasteiger partial charge in [-0.3, -0.25) is 4.79 Å². The second-order valence-corrected chi connectivity index (χ2v) is 5.13. The van der Waals surface area contributed by atoms with Gasteiger partial charge in [0.15, 0.2) is 0 Å².